The zero-order valence-electron chi connectivity index (χ0n) is 16.2. The van der Waals surface area contributed by atoms with E-state index in [1.165, 1.54) is 0 Å². The van der Waals surface area contributed by atoms with Crippen LogP contribution < -0.4 is 4.90 Å². The van der Waals surface area contributed by atoms with E-state index >= 15 is 0 Å². The number of thioether (sulfide) groups is 1. The third-order valence-electron chi connectivity index (χ3n) is 4.07. The van der Waals surface area contributed by atoms with Crippen molar-refractivity contribution in [2.45, 2.75) is 56.2 Å². The molecule has 2 aromatic rings. The van der Waals surface area contributed by atoms with Crippen LogP contribution in [0, 0.1) is 0 Å². The smallest absolute Gasteiger partial charge is 0.378 e. The summed E-state index contributed by atoms with van der Waals surface area (Å²) in [5, 5.41) is 11.8. The number of hydrogen-bond donors (Lipinski definition) is 0. The van der Waals surface area contributed by atoms with Crippen molar-refractivity contribution < 1.29 is 22.4 Å². The van der Waals surface area contributed by atoms with Crippen LogP contribution in [0.5, 0.6) is 0 Å². The maximum Gasteiger partial charge on any atom is 0.406 e. The summed E-state index contributed by atoms with van der Waals surface area (Å²) in [5.41, 5.74) is -0.286. The molecule has 0 aromatic carbocycles. The molecule has 1 aliphatic heterocycles. The quantitative estimate of drug-likeness (QED) is 0.682. The summed E-state index contributed by atoms with van der Waals surface area (Å²) in [7, 11) is 0. The number of nitrogens with zero attached hydrogens (tertiary/aromatic N) is 6. The Morgan fingerprint density at radius 2 is 1.82 bits per heavy atom. The molecule has 0 saturated carbocycles. The number of hydrogen-bond acceptors (Lipinski definition) is 8. The monoisotopic (exact) mass is 420 g/mol. The Hall–Kier alpha value is -1.82. The zero-order valence-corrected chi connectivity index (χ0v) is 17.0. The van der Waals surface area contributed by atoms with Gasteiger partial charge in [0.05, 0.1) is 18.5 Å². The largest absolute Gasteiger partial charge is 0.406 e. The first-order valence-corrected chi connectivity index (χ1v) is 9.76. The molecule has 1 atom stereocenters. The molecule has 12 heteroatoms. The van der Waals surface area contributed by atoms with Gasteiger partial charge in [-0.05, 0) is 6.92 Å². The SMILES string of the molecule is CC(Sc1nnc(N2CCOCC2)n1CC(F)(F)F)c1nc(C(C)(C)C)no1. The summed E-state index contributed by atoms with van der Waals surface area (Å²) in [6, 6.07) is 0. The van der Waals surface area contributed by atoms with Gasteiger partial charge in [0.1, 0.15) is 6.54 Å². The van der Waals surface area contributed by atoms with Gasteiger partial charge in [0.25, 0.3) is 0 Å². The van der Waals surface area contributed by atoms with Crippen molar-refractivity contribution in [1.29, 1.82) is 0 Å². The van der Waals surface area contributed by atoms with E-state index in [9.17, 15) is 13.2 Å². The number of halogens is 3. The van der Waals surface area contributed by atoms with Crippen LogP contribution in [0.2, 0.25) is 0 Å². The molecule has 8 nitrogen and oxygen atoms in total. The molecule has 0 aliphatic carbocycles. The van der Waals surface area contributed by atoms with Crippen molar-refractivity contribution in [2.24, 2.45) is 0 Å². The molecule has 1 unspecified atom stereocenters. The van der Waals surface area contributed by atoms with Gasteiger partial charge in [-0.3, -0.25) is 4.57 Å². The van der Waals surface area contributed by atoms with Crippen LogP contribution in [0.25, 0.3) is 0 Å². The fourth-order valence-electron chi connectivity index (χ4n) is 2.60. The van der Waals surface area contributed by atoms with Gasteiger partial charge >= 0.3 is 6.18 Å². The predicted octanol–water partition coefficient (Wildman–Crippen LogP) is 3.21. The minimum absolute atomic E-state index is 0.154. The summed E-state index contributed by atoms with van der Waals surface area (Å²) in [6.45, 7) is 8.29. The highest BCUT2D eigenvalue weighted by atomic mass is 32.2. The highest BCUT2D eigenvalue weighted by Crippen LogP contribution is 2.36. The summed E-state index contributed by atoms with van der Waals surface area (Å²) >= 11 is 1.11. The second-order valence-electron chi connectivity index (χ2n) is 7.55. The molecule has 28 heavy (non-hydrogen) atoms. The van der Waals surface area contributed by atoms with E-state index in [1.807, 2.05) is 20.8 Å². The van der Waals surface area contributed by atoms with Gasteiger partial charge < -0.3 is 14.2 Å². The number of morpholine rings is 1. The molecule has 0 bridgehead atoms. The number of anilines is 1. The predicted molar refractivity (Wildman–Crippen MR) is 96.4 cm³/mol. The normalized spacial score (nSPS) is 17.2. The van der Waals surface area contributed by atoms with Gasteiger partial charge in [0, 0.05) is 18.5 Å². The van der Waals surface area contributed by atoms with Crippen molar-refractivity contribution >= 4 is 17.7 Å². The van der Waals surface area contributed by atoms with Crippen molar-refractivity contribution in [1.82, 2.24) is 24.9 Å². The Morgan fingerprint density at radius 3 is 2.39 bits per heavy atom. The van der Waals surface area contributed by atoms with Gasteiger partial charge in [-0.2, -0.15) is 18.2 Å². The van der Waals surface area contributed by atoms with Crippen LogP contribution in [0.15, 0.2) is 9.68 Å². The van der Waals surface area contributed by atoms with E-state index in [2.05, 4.69) is 20.3 Å². The van der Waals surface area contributed by atoms with Crippen molar-refractivity contribution in [3.05, 3.63) is 11.7 Å². The minimum Gasteiger partial charge on any atom is -0.378 e. The lowest BCUT2D eigenvalue weighted by Crippen LogP contribution is -2.38. The fraction of sp³-hybridized carbons (Fsp3) is 0.750. The maximum atomic E-state index is 13.2. The lowest BCUT2D eigenvalue weighted by Gasteiger charge is -2.28. The standard InChI is InChI=1S/C16H23F3N6O2S/c1-10(11-20-12(23-27-11)15(2,3)4)28-14-22-21-13(24-5-7-26-8-6-24)25(14)9-16(17,18)19/h10H,5-9H2,1-4H3. The van der Waals surface area contributed by atoms with E-state index in [-0.39, 0.29) is 21.8 Å². The van der Waals surface area contributed by atoms with E-state index in [1.54, 1.807) is 11.8 Å². The molecule has 3 heterocycles. The van der Waals surface area contributed by atoms with Crippen LogP contribution in [0.4, 0.5) is 19.1 Å². The second-order valence-corrected chi connectivity index (χ2v) is 8.86. The number of aromatic nitrogens is 5. The number of ether oxygens (including phenoxy) is 1. The topological polar surface area (TPSA) is 82.1 Å². The molecule has 1 fully saturated rings. The van der Waals surface area contributed by atoms with Gasteiger partial charge in [-0.15, -0.1) is 10.2 Å². The van der Waals surface area contributed by atoms with Gasteiger partial charge in [-0.1, -0.05) is 37.7 Å². The molecule has 0 amide bonds. The highest BCUT2D eigenvalue weighted by Gasteiger charge is 2.34. The first-order valence-electron chi connectivity index (χ1n) is 8.88. The Balaban J connectivity index is 1.84. The van der Waals surface area contributed by atoms with Crippen LogP contribution in [0.3, 0.4) is 0 Å². The molecule has 156 valence electrons. The molecule has 1 aliphatic rings. The van der Waals surface area contributed by atoms with Crippen molar-refractivity contribution in [3.8, 4) is 0 Å². The van der Waals surface area contributed by atoms with Crippen molar-refractivity contribution in [3.63, 3.8) is 0 Å². The van der Waals surface area contributed by atoms with Gasteiger partial charge in [0.2, 0.25) is 11.8 Å². The van der Waals surface area contributed by atoms with Crippen molar-refractivity contribution in [2.75, 3.05) is 31.2 Å². The Labute approximate surface area is 164 Å². The Kier molecular flexibility index (Phi) is 5.89. The van der Waals surface area contributed by atoms with E-state index in [0.717, 1.165) is 16.3 Å². The first-order chi connectivity index (χ1) is 13.0. The summed E-state index contributed by atoms with van der Waals surface area (Å²) in [5.74, 6) is 1.07. The third kappa shape index (κ3) is 4.96. The average Bonchev–Trinajstić information content (AvgIpc) is 3.22. The summed E-state index contributed by atoms with van der Waals surface area (Å²) in [6.07, 6.45) is -4.40. The van der Waals surface area contributed by atoms with Gasteiger partial charge in [-0.25, -0.2) is 0 Å². The zero-order chi connectivity index (χ0) is 20.5. The molecule has 1 saturated heterocycles. The van der Waals surface area contributed by atoms with Gasteiger partial charge in [0.15, 0.2) is 11.0 Å². The average molecular weight is 420 g/mol. The molecule has 2 aromatic heterocycles. The second kappa shape index (κ2) is 7.90. The summed E-state index contributed by atoms with van der Waals surface area (Å²) < 4.78 is 51.2. The first kappa shape index (κ1) is 20.9. The Morgan fingerprint density at radius 1 is 1.14 bits per heavy atom. The van der Waals surface area contributed by atoms with Crippen LogP contribution in [0.1, 0.15) is 44.7 Å². The molecular weight excluding hydrogens is 397 g/mol. The molecule has 3 rings (SSSR count). The van der Waals surface area contributed by atoms with Crippen LogP contribution >= 0.6 is 11.8 Å². The van der Waals surface area contributed by atoms with E-state index < -0.39 is 12.7 Å². The maximum absolute atomic E-state index is 13.2. The van der Waals surface area contributed by atoms with E-state index in [0.29, 0.717) is 38.0 Å². The van der Waals surface area contributed by atoms with Crippen LogP contribution in [-0.2, 0) is 16.7 Å². The number of alkyl halides is 3. The Bertz CT molecular complexity index is 795. The number of rotatable bonds is 5. The molecule has 0 radical (unpaired) electrons. The third-order valence-corrected chi connectivity index (χ3v) is 5.14. The molecule has 0 N–H and O–H groups in total. The molecular formula is C16H23F3N6O2S. The lowest BCUT2D eigenvalue weighted by atomic mass is 9.96. The summed E-state index contributed by atoms with van der Waals surface area (Å²) in [4.78, 5) is 6.12. The van der Waals surface area contributed by atoms with E-state index in [4.69, 9.17) is 9.26 Å². The minimum atomic E-state index is -4.40. The lowest BCUT2D eigenvalue weighted by molar-refractivity contribution is -0.141. The highest BCUT2D eigenvalue weighted by molar-refractivity contribution is 7.99. The molecule has 0 spiro atoms. The van der Waals surface area contributed by atoms with Crippen LogP contribution in [-0.4, -0.2) is 57.4 Å². The fourth-order valence-corrected chi connectivity index (χ4v) is 3.47.